The summed E-state index contributed by atoms with van der Waals surface area (Å²) in [7, 11) is -3.55. The van der Waals surface area contributed by atoms with Crippen molar-refractivity contribution in [3.63, 3.8) is 0 Å². The number of rotatable bonds is 8. The first-order valence-electron chi connectivity index (χ1n) is 11.8. The molecule has 2 N–H and O–H groups in total. The van der Waals surface area contributed by atoms with E-state index in [1.54, 1.807) is 24.3 Å². The maximum Gasteiger partial charge on any atom is 0.240 e. The SMILES string of the molecule is O=S(=O)(NCCCCN1CC=C(c2c[nH]c3ccc(Cl)cc23)CC1)c1ccc2ccc(Cl)cc2c1. The molecule has 0 aliphatic carbocycles. The van der Waals surface area contributed by atoms with Gasteiger partial charge in [-0.2, -0.15) is 0 Å². The lowest BCUT2D eigenvalue weighted by molar-refractivity contribution is 0.295. The summed E-state index contributed by atoms with van der Waals surface area (Å²) >= 11 is 12.2. The Balaban J connectivity index is 1.10. The van der Waals surface area contributed by atoms with Crippen molar-refractivity contribution in [3.05, 3.63) is 82.5 Å². The second kappa shape index (κ2) is 10.3. The summed E-state index contributed by atoms with van der Waals surface area (Å²) in [5, 5.41) is 4.27. The standard InChI is InChI=1S/C27H27Cl2N3O2S/c28-22-5-3-19-4-7-24(16-21(19)15-22)35(33,34)31-11-1-2-12-32-13-9-20(10-14-32)26-18-30-27-8-6-23(29)17-25(26)27/h3-9,15-18,30-31H,1-2,10-14H2. The Kier molecular flexibility index (Phi) is 7.19. The van der Waals surface area contributed by atoms with Crippen LogP contribution < -0.4 is 4.72 Å². The highest BCUT2D eigenvalue weighted by molar-refractivity contribution is 7.89. The van der Waals surface area contributed by atoms with E-state index in [-0.39, 0.29) is 4.90 Å². The third kappa shape index (κ3) is 5.57. The van der Waals surface area contributed by atoms with Gasteiger partial charge in [0, 0.05) is 52.3 Å². The topological polar surface area (TPSA) is 65.2 Å². The van der Waals surface area contributed by atoms with Gasteiger partial charge in [-0.25, -0.2) is 13.1 Å². The Morgan fingerprint density at radius 3 is 2.57 bits per heavy atom. The van der Waals surface area contributed by atoms with E-state index < -0.39 is 10.0 Å². The molecule has 0 fully saturated rings. The van der Waals surface area contributed by atoms with Crippen LogP contribution in [-0.4, -0.2) is 44.5 Å². The van der Waals surface area contributed by atoms with Crippen molar-refractivity contribution in [1.29, 1.82) is 0 Å². The van der Waals surface area contributed by atoms with Gasteiger partial charge in [-0.3, -0.25) is 4.90 Å². The molecule has 3 aromatic carbocycles. The summed E-state index contributed by atoms with van der Waals surface area (Å²) in [5.74, 6) is 0. The highest BCUT2D eigenvalue weighted by Gasteiger charge is 2.17. The number of benzene rings is 3. The molecule has 5 rings (SSSR count). The second-order valence-electron chi connectivity index (χ2n) is 8.93. The Labute approximate surface area is 215 Å². The fourth-order valence-electron chi connectivity index (χ4n) is 4.63. The molecule has 1 aromatic heterocycles. The van der Waals surface area contributed by atoms with Crippen molar-refractivity contribution >= 4 is 60.5 Å². The molecule has 8 heteroatoms. The van der Waals surface area contributed by atoms with Gasteiger partial charge in [0.1, 0.15) is 0 Å². The maximum absolute atomic E-state index is 12.7. The summed E-state index contributed by atoms with van der Waals surface area (Å²) in [6.45, 7) is 3.25. The van der Waals surface area contributed by atoms with Crippen LogP contribution in [0.3, 0.4) is 0 Å². The normalized spacial score (nSPS) is 15.1. The molecule has 0 unspecified atom stereocenters. The van der Waals surface area contributed by atoms with E-state index in [2.05, 4.69) is 26.9 Å². The van der Waals surface area contributed by atoms with Crippen molar-refractivity contribution in [1.82, 2.24) is 14.6 Å². The number of unbranched alkanes of at least 4 members (excludes halogenated alkanes) is 1. The molecule has 0 atom stereocenters. The second-order valence-corrected chi connectivity index (χ2v) is 11.6. The molecule has 35 heavy (non-hydrogen) atoms. The number of fused-ring (bicyclic) bond motifs is 2. The van der Waals surface area contributed by atoms with Crippen LogP contribution in [0.4, 0.5) is 0 Å². The largest absolute Gasteiger partial charge is 0.361 e. The van der Waals surface area contributed by atoms with E-state index in [4.69, 9.17) is 23.2 Å². The van der Waals surface area contributed by atoms with Gasteiger partial charge in [0.2, 0.25) is 10.0 Å². The third-order valence-electron chi connectivity index (χ3n) is 6.56. The molecule has 5 nitrogen and oxygen atoms in total. The van der Waals surface area contributed by atoms with E-state index in [1.807, 2.05) is 30.3 Å². The van der Waals surface area contributed by atoms with Gasteiger partial charge in [-0.1, -0.05) is 41.4 Å². The van der Waals surface area contributed by atoms with E-state index in [0.717, 1.165) is 60.2 Å². The average Bonchev–Trinajstić information content (AvgIpc) is 3.26. The number of halogens is 2. The first kappa shape index (κ1) is 24.3. The van der Waals surface area contributed by atoms with Gasteiger partial charge >= 0.3 is 0 Å². The molecular formula is C27H27Cl2N3O2S. The molecule has 0 saturated carbocycles. The minimum absolute atomic E-state index is 0.263. The highest BCUT2D eigenvalue weighted by atomic mass is 35.5. The fraction of sp³-hybridized carbons (Fsp3) is 0.259. The molecule has 1 aliphatic rings. The van der Waals surface area contributed by atoms with Crippen LogP contribution in [0.2, 0.25) is 10.0 Å². The van der Waals surface area contributed by atoms with Gasteiger partial charge < -0.3 is 4.98 Å². The van der Waals surface area contributed by atoms with Gasteiger partial charge in [0.05, 0.1) is 4.90 Å². The minimum atomic E-state index is -3.55. The van der Waals surface area contributed by atoms with Gasteiger partial charge in [-0.05, 0) is 84.6 Å². The summed E-state index contributed by atoms with van der Waals surface area (Å²) in [4.78, 5) is 6.01. The van der Waals surface area contributed by atoms with E-state index in [1.165, 1.54) is 16.5 Å². The number of aromatic amines is 1. The molecule has 0 radical (unpaired) electrons. The van der Waals surface area contributed by atoms with Gasteiger partial charge in [0.25, 0.3) is 0 Å². The number of nitrogens with zero attached hydrogens (tertiary/aromatic N) is 1. The predicted octanol–water partition coefficient (Wildman–Crippen LogP) is 6.48. The van der Waals surface area contributed by atoms with Crippen LogP contribution in [0.15, 0.2) is 71.8 Å². The molecule has 0 saturated heterocycles. The highest BCUT2D eigenvalue weighted by Crippen LogP contribution is 2.31. The van der Waals surface area contributed by atoms with Gasteiger partial charge in [0.15, 0.2) is 0 Å². The van der Waals surface area contributed by atoms with Crippen LogP contribution in [0.5, 0.6) is 0 Å². The third-order valence-corrected chi connectivity index (χ3v) is 8.49. The van der Waals surface area contributed by atoms with Crippen LogP contribution in [0.25, 0.3) is 27.2 Å². The number of sulfonamides is 1. The van der Waals surface area contributed by atoms with Crippen molar-refractivity contribution < 1.29 is 8.42 Å². The summed E-state index contributed by atoms with van der Waals surface area (Å²) < 4.78 is 28.2. The van der Waals surface area contributed by atoms with Crippen molar-refractivity contribution in [2.24, 2.45) is 0 Å². The van der Waals surface area contributed by atoms with Crippen LogP contribution in [-0.2, 0) is 10.0 Å². The van der Waals surface area contributed by atoms with Crippen molar-refractivity contribution in [2.75, 3.05) is 26.2 Å². The van der Waals surface area contributed by atoms with Crippen LogP contribution >= 0.6 is 23.2 Å². The quantitative estimate of drug-likeness (QED) is 0.258. The predicted molar refractivity (Wildman–Crippen MR) is 146 cm³/mol. The zero-order chi connectivity index (χ0) is 24.4. The average molecular weight is 529 g/mol. The Morgan fingerprint density at radius 2 is 1.74 bits per heavy atom. The van der Waals surface area contributed by atoms with E-state index in [9.17, 15) is 8.42 Å². The van der Waals surface area contributed by atoms with Crippen LogP contribution in [0, 0.1) is 0 Å². The number of nitrogens with one attached hydrogen (secondary N) is 2. The smallest absolute Gasteiger partial charge is 0.240 e. The number of hydrogen-bond acceptors (Lipinski definition) is 3. The molecule has 0 amide bonds. The lowest BCUT2D eigenvalue weighted by atomic mass is 9.99. The molecule has 0 bridgehead atoms. The zero-order valence-electron chi connectivity index (χ0n) is 19.2. The van der Waals surface area contributed by atoms with Crippen molar-refractivity contribution in [3.8, 4) is 0 Å². The fourth-order valence-corrected chi connectivity index (χ4v) is 6.09. The molecule has 4 aromatic rings. The number of aromatic nitrogens is 1. The van der Waals surface area contributed by atoms with E-state index >= 15 is 0 Å². The molecule has 0 spiro atoms. The monoisotopic (exact) mass is 527 g/mol. The molecule has 1 aliphatic heterocycles. The summed E-state index contributed by atoms with van der Waals surface area (Å²) in [6.07, 6.45) is 7.06. The van der Waals surface area contributed by atoms with Crippen LogP contribution in [0.1, 0.15) is 24.8 Å². The molecule has 182 valence electrons. The Morgan fingerprint density at radius 1 is 0.943 bits per heavy atom. The maximum atomic E-state index is 12.7. The minimum Gasteiger partial charge on any atom is -0.361 e. The first-order valence-corrected chi connectivity index (χ1v) is 14.0. The van der Waals surface area contributed by atoms with E-state index in [0.29, 0.717) is 11.6 Å². The summed E-state index contributed by atoms with van der Waals surface area (Å²) in [6, 6.07) is 16.5. The lowest BCUT2D eigenvalue weighted by Crippen LogP contribution is -2.30. The summed E-state index contributed by atoms with van der Waals surface area (Å²) in [5.41, 5.74) is 3.68. The van der Waals surface area contributed by atoms with Gasteiger partial charge in [-0.15, -0.1) is 0 Å². The number of hydrogen-bond donors (Lipinski definition) is 2. The molecule has 2 heterocycles. The first-order chi connectivity index (χ1) is 16.9. The lowest BCUT2D eigenvalue weighted by Gasteiger charge is -2.26. The zero-order valence-corrected chi connectivity index (χ0v) is 21.6. The Hall–Kier alpha value is -2.35. The van der Waals surface area contributed by atoms with Crippen molar-refractivity contribution in [2.45, 2.75) is 24.2 Å². The Bertz CT molecular complexity index is 1510. The molecular weight excluding hydrogens is 501 g/mol. The number of H-pyrrole nitrogens is 1.